The highest BCUT2D eigenvalue weighted by molar-refractivity contribution is 5.85. The van der Waals surface area contributed by atoms with Gasteiger partial charge in [-0.1, -0.05) is 0 Å². The Morgan fingerprint density at radius 1 is 1.22 bits per heavy atom. The lowest BCUT2D eigenvalue weighted by molar-refractivity contribution is 0.113. The fourth-order valence-electron chi connectivity index (χ4n) is 3.36. The number of fused-ring (bicyclic) bond motifs is 1. The average Bonchev–Trinajstić information content (AvgIpc) is 3.26. The molecule has 1 aliphatic rings. The molecule has 0 amide bonds. The first-order valence-electron chi connectivity index (χ1n) is 8.74. The van der Waals surface area contributed by atoms with E-state index in [1.807, 2.05) is 32.1 Å². The minimum atomic E-state index is 0.000939. The van der Waals surface area contributed by atoms with E-state index in [2.05, 4.69) is 35.3 Å². The Balaban J connectivity index is 1.58. The van der Waals surface area contributed by atoms with Crippen LogP contribution in [0.1, 0.15) is 0 Å². The largest absolute Gasteiger partial charge is 0.377 e. The summed E-state index contributed by atoms with van der Waals surface area (Å²) < 4.78 is 7.50. The van der Waals surface area contributed by atoms with Crippen molar-refractivity contribution in [3.05, 3.63) is 24.8 Å². The van der Waals surface area contributed by atoms with E-state index in [0.29, 0.717) is 5.95 Å². The number of rotatable bonds is 5. The van der Waals surface area contributed by atoms with Crippen LogP contribution in [0, 0.1) is 0 Å². The summed E-state index contributed by atoms with van der Waals surface area (Å²) in [5.74, 6) is 2.32. The third kappa shape index (κ3) is 3.23. The second-order valence-electron chi connectivity index (χ2n) is 6.76. The van der Waals surface area contributed by atoms with Crippen molar-refractivity contribution in [3.8, 4) is 0 Å². The third-order valence-electron chi connectivity index (χ3n) is 4.77. The number of nitrogens with zero attached hydrogens (tertiary/aromatic N) is 8. The maximum atomic E-state index is 5.73. The monoisotopic (exact) mass is 369 g/mol. The van der Waals surface area contributed by atoms with Gasteiger partial charge in [0.05, 0.1) is 18.3 Å². The van der Waals surface area contributed by atoms with E-state index in [-0.39, 0.29) is 12.1 Å². The maximum absolute atomic E-state index is 5.73. The molecule has 0 unspecified atom stereocenters. The second-order valence-corrected chi connectivity index (χ2v) is 6.76. The van der Waals surface area contributed by atoms with Gasteiger partial charge in [-0.25, -0.2) is 15.0 Å². The SMILES string of the molecule is CO[C@@H]1CN(c2ccnc(N(C)C)n2)C[C@@H]1Nc1ncnc2cnn(C)c12. The molecule has 2 atom stereocenters. The normalized spacial score (nSPS) is 19.6. The van der Waals surface area contributed by atoms with E-state index in [1.165, 1.54) is 0 Å². The summed E-state index contributed by atoms with van der Waals surface area (Å²) in [6.45, 7) is 1.48. The molecule has 10 heteroatoms. The van der Waals surface area contributed by atoms with E-state index < -0.39 is 0 Å². The molecule has 0 aromatic carbocycles. The Bertz CT molecular complexity index is 941. The third-order valence-corrected chi connectivity index (χ3v) is 4.77. The molecule has 142 valence electrons. The van der Waals surface area contributed by atoms with Crippen LogP contribution in [0.15, 0.2) is 24.8 Å². The van der Waals surface area contributed by atoms with Crippen LogP contribution >= 0.6 is 0 Å². The number of anilines is 3. The van der Waals surface area contributed by atoms with Gasteiger partial charge in [-0.3, -0.25) is 4.68 Å². The van der Waals surface area contributed by atoms with E-state index in [0.717, 1.165) is 35.8 Å². The zero-order valence-corrected chi connectivity index (χ0v) is 15.9. The van der Waals surface area contributed by atoms with E-state index in [4.69, 9.17) is 4.74 Å². The molecular formula is C17H23N9O. The van der Waals surface area contributed by atoms with Gasteiger partial charge in [0.2, 0.25) is 5.95 Å². The van der Waals surface area contributed by atoms with Crippen molar-refractivity contribution in [1.29, 1.82) is 0 Å². The van der Waals surface area contributed by atoms with Crippen LogP contribution in [0.3, 0.4) is 0 Å². The van der Waals surface area contributed by atoms with E-state index >= 15 is 0 Å². The number of hydrogen-bond donors (Lipinski definition) is 1. The molecule has 1 aliphatic heterocycles. The van der Waals surface area contributed by atoms with Gasteiger partial charge in [0, 0.05) is 47.5 Å². The highest BCUT2D eigenvalue weighted by Crippen LogP contribution is 2.25. The molecule has 3 aromatic heterocycles. The molecule has 0 saturated carbocycles. The summed E-state index contributed by atoms with van der Waals surface area (Å²) >= 11 is 0. The van der Waals surface area contributed by atoms with Gasteiger partial charge in [0.1, 0.15) is 23.2 Å². The number of hydrogen-bond acceptors (Lipinski definition) is 9. The van der Waals surface area contributed by atoms with Crippen molar-refractivity contribution in [2.24, 2.45) is 7.05 Å². The fraction of sp³-hybridized carbons (Fsp3) is 0.471. The number of aryl methyl sites for hydroxylation is 1. The molecule has 0 spiro atoms. The lowest BCUT2D eigenvalue weighted by Crippen LogP contribution is -2.34. The summed E-state index contributed by atoms with van der Waals surface area (Å²) in [4.78, 5) is 21.7. The lowest BCUT2D eigenvalue weighted by Gasteiger charge is -2.20. The van der Waals surface area contributed by atoms with Crippen LogP contribution in [-0.4, -0.2) is 76.2 Å². The topological polar surface area (TPSA) is 97.1 Å². The first-order chi connectivity index (χ1) is 13.1. The molecule has 10 nitrogen and oxygen atoms in total. The number of ether oxygens (including phenoxy) is 1. The predicted molar refractivity (Wildman–Crippen MR) is 103 cm³/mol. The molecule has 0 aliphatic carbocycles. The Morgan fingerprint density at radius 2 is 2.07 bits per heavy atom. The van der Waals surface area contributed by atoms with E-state index in [1.54, 1.807) is 30.5 Å². The molecule has 3 aromatic rings. The summed E-state index contributed by atoms with van der Waals surface area (Å²) in [6.07, 6.45) is 5.07. The molecule has 1 N–H and O–H groups in total. The standard InChI is InChI=1S/C17H23N9O/c1-24(2)17-18-6-5-14(23-17)26-8-12(13(9-26)27-4)22-16-15-11(19-10-20-16)7-21-25(15)3/h5-7,10,12-13H,8-9H2,1-4H3,(H,19,20,22)/t12-,13+/m0/s1. The summed E-state index contributed by atoms with van der Waals surface area (Å²) in [7, 11) is 7.47. The van der Waals surface area contributed by atoms with Gasteiger partial charge in [-0.15, -0.1) is 0 Å². The highest BCUT2D eigenvalue weighted by Gasteiger charge is 2.34. The quantitative estimate of drug-likeness (QED) is 0.691. The minimum absolute atomic E-state index is 0.000939. The molecule has 0 bridgehead atoms. The van der Waals surface area contributed by atoms with Crippen LogP contribution in [0.25, 0.3) is 11.0 Å². The van der Waals surface area contributed by atoms with Crippen molar-refractivity contribution in [2.75, 3.05) is 49.4 Å². The van der Waals surface area contributed by atoms with Gasteiger partial charge < -0.3 is 19.9 Å². The Labute approximate surface area is 157 Å². The Kier molecular flexibility index (Phi) is 4.48. The van der Waals surface area contributed by atoms with Crippen molar-refractivity contribution in [3.63, 3.8) is 0 Å². The average molecular weight is 369 g/mol. The van der Waals surface area contributed by atoms with Gasteiger partial charge in [-0.2, -0.15) is 10.1 Å². The maximum Gasteiger partial charge on any atom is 0.226 e. The predicted octanol–water partition coefficient (Wildman–Crippen LogP) is 0.535. The van der Waals surface area contributed by atoms with Crippen molar-refractivity contribution >= 4 is 28.6 Å². The second kappa shape index (κ2) is 6.95. The van der Waals surface area contributed by atoms with Gasteiger partial charge >= 0.3 is 0 Å². The summed E-state index contributed by atoms with van der Waals surface area (Å²) in [5.41, 5.74) is 1.69. The van der Waals surface area contributed by atoms with Crippen LogP contribution in [0.2, 0.25) is 0 Å². The van der Waals surface area contributed by atoms with Crippen LogP contribution in [0.4, 0.5) is 17.6 Å². The highest BCUT2D eigenvalue weighted by atomic mass is 16.5. The van der Waals surface area contributed by atoms with E-state index in [9.17, 15) is 0 Å². The van der Waals surface area contributed by atoms with Gasteiger partial charge in [0.25, 0.3) is 0 Å². The molecule has 4 rings (SSSR count). The number of nitrogens with one attached hydrogen (secondary N) is 1. The van der Waals surface area contributed by atoms with Crippen molar-refractivity contribution < 1.29 is 4.74 Å². The molecule has 0 radical (unpaired) electrons. The number of methoxy groups -OCH3 is 1. The summed E-state index contributed by atoms with van der Waals surface area (Å²) in [5, 5.41) is 7.79. The molecular weight excluding hydrogens is 346 g/mol. The molecule has 1 fully saturated rings. The zero-order chi connectivity index (χ0) is 19.0. The molecule has 4 heterocycles. The first-order valence-corrected chi connectivity index (χ1v) is 8.74. The molecule has 1 saturated heterocycles. The van der Waals surface area contributed by atoms with Crippen molar-refractivity contribution in [1.82, 2.24) is 29.7 Å². The zero-order valence-electron chi connectivity index (χ0n) is 15.9. The van der Waals surface area contributed by atoms with Gasteiger partial charge in [0.15, 0.2) is 5.82 Å². The fourth-order valence-corrected chi connectivity index (χ4v) is 3.36. The van der Waals surface area contributed by atoms with Crippen molar-refractivity contribution in [2.45, 2.75) is 12.1 Å². The van der Waals surface area contributed by atoms with Crippen LogP contribution in [-0.2, 0) is 11.8 Å². The van der Waals surface area contributed by atoms with Gasteiger partial charge in [-0.05, 0) is 6.07 Å². The molecule has 27 heavy (non-hydrogen) atoms. The minimum Gasteiger partial charge on any atom is -0.377 e. The smallest absolute Gasteiger partial charge is 0.226 e. The number of aromatic nitrogens is 6. The Morgan fingerprint density at radius 3 is 2.85 bits per heavy atom. The lowest BCUT2D eigenvalue weighted by atomic mass is 10.2. The van der Waals surface area contributed by atoms with Crippen LogP contribution < -0.4 is 15.1 Å². The Hall–Kier alpha value is -3.01. The van der Waals surface area contributed by atoms with Crippen LogP contribution in [0.5, 0.6) is 0 Å². The first kappa shape index (κ1) is 17.4. The summed E-state index contributed by atoms with van der Waals surface area (Å²) in [6, 6.07) is 1.98.